The smallest absolute Gasteiger partial charge is 0.216 e. The van der Waals surface area contributed by atoms with Gasteiger partial charge < -0.3 is 0 Å². The van der Waals surface area contributed by atoms with Crippen molar-refractivity contribution in [3.8, 4) is 0 Å². The maximum atomic E-state index is 5.22. The number of aromatic amines is 1. The van der Waals surface area contributed by atoms with Crippen LogP contribution in [0.1, 0.15) is 44.0 Å². The Hall–Kier alpha value is -1.82. The fraction of sp³-hybridized carbons (Fsp3) is 0.385. The van der Waals surface area contributed by atoms with Crippen LogP contribution in [0.25, 0.3) is 0 Å². The second-order valence-corrected chi connectivity index (χ2v) is 4.62. The molecular weight excluding hydrogens is 258 g/mol. The first kappa shape index (κ1) is 13.6. The maximum absolute atomic E-state index is 5.22. The van der Waals surface area contributed by atoms with E-state index in [1.807, 2.05) is 12.1 Å². The molecule has 5 nitrogen and oxygen atoms in total. The van der Waals surface area contributed by atoms with E-state index >= 15 is 0 Å². The second-order valence-electron chi connectivity index (χ2n) is 4.24. The SMILES string of the molecule is CCC(CC)c1n[nH]c(=S)n1/N=C\c1ccncc1. The molecule has 2 rings (SSSR count). The number of nitrogens with one attached hydrogen (secondary N) is 1. The Morgan fingerprint density at radius 3 is 2.68 bits per heavy atom. The molecule has 0 aliphatic carbocycles. The average Bonchev–Trinajstić information content (AvgIpc) is 2.81. The maximum Gasteiger partial charge on any atom is 0.216 e. The molecule has 0 aliphatic rings. The number of aromatic nitrogens is 4. The van der Waals surface area contributed by atoms with Gasteiger partial charge in [-0.05, 0) is 42.8 Å². The van der Waals surface area contributed by atoms with Crippen LogP contribution in [0.5, 0.6) is 0 Å². The topological polar surface area (TPSA) is 58.9 Å². The Kier molecular flexibility index (Phi) is 4.57. The molecule has 0 bridgehead atoms. The van der Waals surface area contributed by atoms with Gasteiger partial charge in [-0.1, -0.05) is 13.8 Å². The van der Waals surface area contributed by atoms with E-state index in [1.54, 1.807) is 23.3 Å². The van der Waals surface area contributed by atoms with Crippen LogP contribution in [0.2, 0.25) is 0 Å². The highest BCUT2D eigenvalue weighted by Crippen LogP contribution is 2.20. The molecule has 0 saturated carbocycles. The summed E-state index contributed by atoms with van der Waals surface area (Å²) in [6, 6.07) is 3.79. The number of H-pyrrole nitrogens is 1. The highest BCUT2D eigenvalue weighted by molar-refractivity contribution is 7.71. The van der Waals surface area contributed by atoms with E-state index < -0.39 is 0 Å². The van der Waals surface area contributed by atoms with E-state index in [2.05, 4.69) is 34.1 Å². The Balaban J connectivity index is 2.32. The lowest BCUT2D eigenvalue weighted by atomic mass is 10.0. The first-order valence-electron chi connectivity index (χ1n) is 6.38. The summed E-state index contributed by atoms with van der Waals surface area (Å²) in [5, 5.41) is 11.5. The fourth-order valence-electron chi connectivity index (χ4n) is 1.91. The number of nitrogens with zero attached hydrogens (tertiary/aromatic N) is 4. The molecule has 2 heterocycles. The van der Waals surface area contributed by atoms with Crippen LogP contribution in [0.15, 0.2) is 29.6 Å². The third-order valence-electron chi connectivity index (χ3n) is 3.05. The Morgan fingerprint density at radius 2 is 2.05 bits per heavy atom. The van der Waals surface area contributed by atoms with Gasteiger partial charge in [-0.15, -0.1) is 0 Å². The van der Waals surface area contributed by atoms with E-state index in [-0.39, 0.29) is 0 Å². The summed E-state index contributed by atoms with van der Waals surface area (Å²) in [5.74, 6) is 1.25. The Morgan fingerprint density at radius 1 is 1.37 bits per heavy atom. The first-order chi connectivity index (χ1) is 9.26. The summed E-state index contributed by atoms with van der Waals surface area (Å²) in [4.78, 5) is 3.97. The monoisotopic (exact) mass is 275 g/mol. The van der Waals surface area contributed by atoms with E-state index in [1.165, 1.54) is 0 Å². The van der Waals surface area contributed by atoms with Crippen LogP contribution in [-0.2, 0) is 0 Å². The minimum atomic E-state index is 0.363. The molecule has 0 atom stereocenters. The van der Waals surface area contributed by atoms with Crippen LogP contribution in [-0.4, -0.2) is 26.1 Å². The van der Waals surface area contributed by atoms with E-state index in [0.717, 1.165) is 24.2 Å². The zero-order valence-electron chi connectivity index (χ0n) is 11.1. The molecule has 100 valence electrons. The molecule has 0 amide bonds. The molecule has 0 aliphatic heterocycles. The predicted molar refractivity (Wildman–Crippen MR) is 78.0 cm³/mol. The van der Waals surface area contributed by atoms with Gasteiger partial charge in [0.15, 0.2) is 5.82 Å². The van der Waals surface area contributed by atoms with Crippen molar-refractivity contribution < 1.29 is 0 Å². The van der Waals surface area contributed by atoms with E-state index in [0.29, 0.717) is 10.7 Å². The Labute approximate surface area is 117 Å². The number of hydrogen-bond donors (Lipinski definition) is 1. The van der Waals surface area contributed by atoms with E-state index in [4.69, 9.17) is 12.2 Å². The van der Waals surface area contributed by atoms with Crippen LogP contribution >= 0.6 is 12.2 Å². The predicted octanol–water partition coefficient (Wildman–Crippen LogP) is 3.12. The van der Waals surface area contributed by atoms with Crippen LogP contribution < -0.4 is 0 Å². The zero-order valence-corrected chi connectivity index (χ0v) is 11.9. The van der Waals surface area contributed by atoms with Crippen molar-refractivity contribution in [1.29, 1.82) is 0 Å². The number of hydrogen-bond acceptors (Lipinski definition) is 4. The molecule has 0 fully saturated rings. The minimum Gasteiger partial charge on any atom is -0.265 e. The summed E-state index contributed by atoms with van der Waals surface area (Å²) in [6.45, 7) is 4.28. The third-order valence-corrected chi connectivity index (χ3v) is 3.32. The van der Waals surface area contributed by atoms with Crippen molar-refractivity contribution in [3.63, 3.8) is 0 Å². The molecule has 0 radical (unpaired) electrons. The molecule has 2 aromatic heterocycles. The molecule has 0 unspecified atom stereocenters. The highest BCUT2D eigenvalue weighted by Gasteiger charge is 2.14. The summed E-state index contributed by atoms with van der Waals surface area (Å²) in [7, 11) is 0. The molecule has 0 saturated heterocycles. The lowest BCUT2D eigenvalue weighted by Gasteiger charge is -2.10. The van der Waals surface area contributed by atoms with Crippen molar-refractivity contribution in [2.75, 3.05) is 0 Å². The lowest BCUT2D eigenvalue weighted by Crippen LogP contribution is -2.05. The molecule has 19 heavy (non-hydrogen) atoms. The van der Waals surface area contributed by atoms with Crippen molar-refractivity contribution in [2.45, 2.75) is 32.6 Å². The largest absolute Gasteiger partial charge is 0.265 e. The molecule has 2 aromatic rings. The van der Waals surface area contributed by atoms with Crippen LogP contribution in [0.4, 0.5) is 0 Å². The van der Waals surface area contributed by atoms with Gasteiger partial charge in [0, 0.05) is 18.3 Å². The normalized spacial score (nSPS) is 11.5. The summed E-state index contributed by atoms with van der Waals surface area (Å²) < 4.78 is 2.22. The average molecular weight is 275 g/mol. The number of rotatable bonds is 5. The highest BCUT2D eigenvalue weighted by atomic mass is 32.1. The second kappa shape index (κ2) is 6.38. The minimum absolute atomic E-state index is 0.363. The van der Waals surface area contributed by atoms with Crippen LogP contribution in [0.3, 0.4) is 0 Å². The van der Waals surface area contributed by atoms with Crippen molar-refractivity contribution in [3.05, 3.63) is 40.7 Å². The van der Waals surface area contributed by atoms with Gasteiger partial charge in [0.2, 0.25) is 4.77 Å². The zero-order chi connectivity index (χ0) is 13.7. The van der Waals surface area contributed by atoms with E-state index in [9.17, 15) is 0 Å². The van der Waals surface area contributed by atoms with Gasteiger partial charge in [-0.3, -0.25) is 10.1 Å². The lowest BCUT2D eigenvalue weighted by molar-refractivity contribution is 0.571. The molecule has 0 aromatic carbocycles. The summed E-state index contributed by atoms with van der Waals surface area (Å²) in [5.41, 5.74) is 0.980. The van der Waals surface area contributed by atoms with Crippen molar-refractivity contribution >= 4 is 18.4 Å². The number of pyridine rings is 1. The van der Waals surface area contributed by atoms with Gasteiger partial charge >= 0.3 is 0 Å². The fourth-order valence-corrected chi connectivity index (χ4v) is 2.09. The Bertz CT molecular complexity index is 595. The van der Waals surface area contributed by atoms with Crippen molar-refractivity contribution in [2.24, 2.45) is 5.10 Å². The van der Waals surface area contributed by atoms with Gasteiger partial charge in [0.1, 0.15) is 0 Å². The molecular formula is C13H17N5S. The standard InChI is InChI=1S/C13H17N5S/c1-3-11(4-2)12-16-17-13(19)18(12)15-9-10-5-7-14-8-6-10/h5-9,11H,3-4H2,1-2H3,(H,17,19)/b15-9-. The van der Waals surface area contributed by atoms with Gasteiger partial charge in [0.25, 0.3) is 0 Å². The quantitative estimate of drug-likeness (QED) is 0.673. The third kappa shape index (κ3) is 3.14. The molecule has 6 heteroatoms. The van der Waals surface area contributed by atoms with Gasteiger partial charge in [-0.25, -0.2) is 0 Å². The van der Waals surface area contributed by atoms with Gasteiger partial charge in [0.05, 0.1) is 6.21 Å². The first-order valence-corrected chi connectivity index (χ1v) is 6.78. The van der Waals surface area contributed by atoms with Crippen LogP contribution in [0, 0.1) is 4.77 Å². The van der Waals surface area contributed by atoms with Crippen molar-refractivity contribution in [1.82, 2.24) is 19.9 Å². The molecule has 0 spiro atoms. The summed E-state index contributed by atoms with van der Waals surface area (Å²) in [6.07, 6.45) is 7.26. The summed E-state index contributed by atoms with van der Waals surface area (Å²) >= 11 is 5.22. The van der Waals surface area contributed by atoms with Gasteiger partial charge in [-0.2, -0.15) is 14.9 Å². The molecule has 1 N–H and O–H groups in total.